The second-order valence-corrected chi connectivity index (χ2v) is 4.26. The van der Waals surface area contributed by atoms with E-state index in [1.165, 1.54) is 19.4 Å². The molecule has 1 aliphatic rings. The van der Waals surface area contributed by atoms with Crippen LogP contribution in [-0.2, 0) is 9.47 Å². The summed E-state index contributed by atoms with van der Waals surface area (Å²) >= 11 is 0. The van der Waals surface area contributed by atoms with Crippen LogP contribution in [0.5, 0.6) is 0 Å². The predicted molar refractivity (Wildman–Crippen MR) is 65.8 cm³/mol. The normalized spacial score (nSPS) is 22.5. The maximum Gasteiger partial charge on any atom is 0.0702 e. The molecule has 16 heavy (non-hydrogen) atoms. The Morgan fingerprint density at radius 1 is 1.38 bits per heavy atom. The Morgan fingerprint density at radius 2 is 2.25 bits per heavy atom. The van der Waals surface area contributed by atoms with Gasteiger partial charge < -0.3 is 14.8 Å². The first kappa shape index (κ1) is 13.9. The van der Waals surface area contributed by atoms with Crippen molar-refractivity contribution in [2.45, 2.75) is 25.9 Å². The highest BCUT2D eigenvalue weighted by Gasteiger charge is 2.19. The first-order valence-electron chi connectivity index (χ1n) is 6.40. The van der Waals surface area contributed by atoms with Gasteiger partial charge in [0.05, 0.1) is 12.7 Å². The minimum atomic E-state index is 0.456. The van der Waals surface area contributed by atoms with Gasteiger partial charge in [-0.05, 0) is 26.3 Å². The van der Waals surface area contributed by atoms with Crippen molar-refractivity contribution in [2.75, 3.05) is 53.0 Å². The van der Waals surface area contributed by atoms with Gasteiger partial charge in [-0.1, -0.05) is 0 Å². The molecule has 0 aromatic carbocycles. The molecular formula is C12H26N2O2. The number of hydrogen-bond acceptors (Lipinski definition) is 4. The number of ether oxygens (including phenoxy) is 2. The number of rotatable bonds is 8. The summed E-state index contributed by atoms with van der Waals surface area (Å²) in [5.41, 5.74) is 0. The minimum Gasteiger partial charge on any atom is -0.383 e. The molecule has 0 aromatic heterocycles. The predicted octanol–water partition coefficient (Wildman–Crippen LogP) is 0.723. The second-order valence-electron chi connectivity index (χ2n) is 4.26. The largest absolute Gasteiger partial charge is 0.383 e. The van der Waals surface area contributed by atoms with Crippen molar-refractivity contribution in [1.29, 1.82) is 0 Å². The van der Waals surface area contributed by atoms with Gasteiger partial charge in [-0.15, -0.1) is 0 Å². The molecule has 4 nitrogen and oxygen atoms in total. The van der Waals surface area contributed by atoms with Crippen LogP contribution in [0.1, 0.15) is 19.8 Å². The summed E-state index contributed by atoms with van der Waals surface area (Å²) in [5, 5.41) is 3.37. The molecule has 4 heteroatoms. The summed E-state index contributed by atoms with van der Waals surface area (Å²) < 4.78 is 10.7. The molecular weight excluding hydrogens is 204 g/mol. The number of methoxy groups -OCH3 is 1. The third kappa shape index (κ3) is 5.80. The Labute approximate surface area is 99.3 Å². The molecule has 1 rings (SSSR count). The maximum absolute atomic E-state index is 5.68. The Balaban J connectivity index is 2.02. The molecule has 1 atom stereocenters. The molecule has 1 saturated heterocycles. The van der Waals surface area contributed by atoms with Gasteiger partial charge in [-0.2, -0.15) is 0 Å². The minimum absolute atomic E-state index is 0.456. The highest BCUT2D eigenvalue weighted by Crippen LogP contribution is 2.12. The van der Waals surface area contributed by atoms with E-state index in [4.69, 9.17) is 9.47 Å². The monoisotopic (exact) mass is 230 g/mol. The molecule has 0 radical (unpaired) electrons. The average molecular weight is 230 g/mol. The fourth-order valence-electron chi connectivity index (χ4n) is 2.12. The van der Waals surface area contributed by atoms with Crippen LogP contribution in [0.4, 0.5) is 0 Å². The van der Waals surface area contributed by atoms with E-state index in [1.54, 1.807) is 7.11 Å². The van der Waals surface area contributed by atoms with Gasteiger partial charge in [0.15, 0.2) is 0 Å². The zero-order valence-electron chi connectivity index (χ0n) is 10.7. The van der Waals surface area contributed by atoms with Gasteiger partial charge in [0.25, 0.3) is 0 Å². The van der Waals surface area contributed by atoms with Crippen LogP contribution in [0.25, 0.3) is 0 Å². The molecule has 1 N–H and O–H groups in total. The smallest absolute Gasteiger partial charge is 0.0702 e. The van der Waals surface area contributed by atoms with E-state index in [-0.39, 0.29) is 0 Å². The van der Waals surface area contributed by atoms with E-state index in [9.17, 15) is 0 Å². The Bertz CT molecular complexity index is 165. The van der Waals surface area contributed by atoms with E-state index in [0.29, 0.717) is 6.10 Å². The van der Waals surface area contributed by atoms with Crippen molar-refractivity contribution >= 4 is 0 Å². The summed E-state index contributed by atoms with van der Waals surface area (Å²) in [7, 11) is 1.74. The van der Waals surface area contributed by atoms with Gasteiger partial charge in [0.2, 0.25) is 0 Å². The summed E-state index contributed by atoms with van der Waals surface area (Å²) in [5.74, 6) is 0. The standard InChI is InChI=1S/C12H26N2O2/c1-3-16-12-5-4-8-14(11-12)9-6-13-7-10-15-2/h12-13H,3-11H2,1-2H3. The van der Waals surface area contributed by atoms with Gasteiger partial charge >= 0.3 is 0 Å². The number of nitrogens with one attached hydrogen (secondary N) is 1. The van der Waals surface area contributed by atoms with Crippen LogP contribution in [0, 0.1) is 0 Å². The van der Waals surface area contributed by atoms with Crippen LogP contribution in [-0.4, -0.2) is 64.1 Å². The Hall–Kier alpha value is -0.160. The van der Waals surface area contributed by atoms with Crippen LogP contribution in [0.15, 0.2) is 0 Å². The highest BCUT2D eigenvalue weighted by molar-refractivity contribution is 4.73. The SMILES string of the molecule is CCOC1CCCN(CCNCCOC)C1. The van der Waals surface area contributed by atoms with E-state index in [1.807, 2.05) is 0 Å². The van der Waals surface area contributed by atoms with Gasteiger partial charge in [-0.3, -0.25) is 4.90 Å². The van der Waals surface area contributed by atoms with Crippen molar-refractivity contribution in [3.05, 3.63) is 0 Å². The molecule has 0 spiro atoms. The van der Waals surface area contributed by atoms with Crippen molar-refractivity contribution in [3.8, 4) is 0 Å². The topological polar surface area (TPSA) is 33.7 Å². The number of piperidine rings is 1. The van der Waals surface area contributed by atoms with Crippen LogP contribution >= 0.6 is 0 Å². The van der Waals surface area contributed by atoms with Gasteiger partial charge in [-0.25, -0.2) is 0 Å². The van der Waals surface area contributed by atoms with E-state index >= 15 is 0 Å². The van der Waals surface area contributed by atoms with Crippen LogP contribution in [0.2, 0.25) is 0 Å². The Morgan fingerprint density at radius 3 is 3.00 bits per heavy atom. The zero-order valence-corrected chi connectivity index (χ0v) is 10.7. The lowest BCUT2D eigenvalue weighted by Crippen LogP contribution is -2.43. The molecule has 96 valence electrons. The van der Waals surface area contributed by atoms with Crippen LogP contribution < -0.4 is 5.32 Å². The quantitative estimate of drug-likeness (QED) is 0.623. The molecule has 1 aliphatic heterocycles. The fraction of sp³-hybridized carbons (Fsp3) is 1.00. The molecule has 0 amide bonds. The molecule has 1 heterocycles. The summed E-state index contributed by atoms with van der Waals surface area (Å²) in [6, 6.07) is 0. The second kappa shape index (κ2) is 8.93. The lowest BCUT2D eigenvalue weighted by atomic mass is 10.1. The molecule has 0 saturated carbocycles. The fourth-order valence-corrected chi connectivity index (χ4v) is 2.12. The van der Waals surface area contributed by atoms with E-state index in [0.717, 1.165) is 39.4 Å². The van der Waals surface area contributed by atoms with Gasteiger partial charge in [0.1, 0.15) is 0 Å². The number of likely N-dealkylation sites (tertiary alicyclic amines) is 1. The number of hydrogen-bond donors (Lipinski definition) is 1. The summed E-state index contributed by atoms with van der Waals surface area (Å²) in [6.07, 6.45) is 2.95. The molecule has 0 aromatic rings. The van der Waals surface area contributed by atoms with E-state index in [2.05, 4.69) is 17.1 Å². The maximum atomic E-state index is 5.68. The Kier molecular flexibility index (Phi) is 7.76. The lowest BCUT2D eigenvalue weighted by Gasteiger charge is -2.32. The van der Waals surface area contributed by atoms with Crippen molar-refractivity contribution in [3.63, 3.8) is 0 Å². The first-order valence-corrected chi connectivity index (χ1v) is 6.40. The lowest BCUT2D eigenvalue weighted by molar-refractivity contribution is 0.00629. The van der Waals surface area contributed by atoms with Crippen molar-refractivity contribution in [1.82, 2.24) is 10.2 Å². The van der Waals surface area contributed by atoms with Crippen molar-refractivity contribution in [2.24, 2.45) is 0 Å². The third-order valence-electron chi connectivity index (χ3n) is 2.95. The zero-order chi connectivity index (χ0) is 11.6. The molecule has 1 unspecified atom stereocenters. The summed E-state index contributed by atoms with van der Waals surface area (Å²) in [4.78, 5) is 2.49. The van der Waals surface area contributed by atoms with Gasteiger partial charge in [0, 0.05) is 39.9 Å². The third-order valence-corrected chi connectivity index (χ3v) is 2.95. The summed E-state index contributed by atoms with van der Waals surface area (Å²) in [6.45, 7) is 9.13. The average Bonchev–Trinajstić information content (AvgIpc) is 2.30. The molecule has 1 fully saturated rings. The first-order chi connectivity index (χ1) is 7.86. The van der Waals surface area contributed by atoms with Crippen molar-refractivity contribution < 1.29 is 9.47 Å². The van der Waals surface area contributed by atoms with Crippen LogP contribution in [0.3, 0.4) is 0 Å². The molecule has 0 aliphatic carbocycles. The molecule has 0 bridgehead atoms. The van der Waals surface area contributed by atoms with E-state index < -0.39 is 0 Å². The number of nitrogens with zero attached hydrogens (tertiary/aromatic N) is 1. The highest BCUT2D eigenvalue weighted by atomic mass is 16.5.